The molecule has 1 aliphatic heterocycles. The number of halogens is 3. The van der Waals surface area contributed by atoms with E-state index >= 15 is 0 Å². The molecule has 2 unspecified atom stereocenters. The van der Waals surface area contributed by atoms with Crippen molar-refractivity contribution in [3.8, 4) is 0 Å². The average Bonchev–Trinajstić information content (AvgIpc) is 3.18. The molecule has 10 heteroatoms. The van der Waals surface area contributed by atoms with Gasteiger partial charge in [0.25, 0.3) is 0 Å². The Hall–Kier alpha value is -2.26. The number of aryl methyl sites for hydroxylation is 1. The summed E-state index contributed by atoms with van der Waals surface area (Å²) in [5, 5.41) is 8.94. The summed E-state index contributed by atoms with van der Waals surface area (Å²) in [5.41, 5.74) is -0.947. The minimum absolute atomic E-state index is 0.0919. The van der Waals surface area contributed by atoms with E-state index in [4.69, 9.17) is 0 Å². The quantitative estimate of drug-likeness (QED) is 0.831. The highest BCUT2D eigenvalue weighted by Crippen LogP contribution is 2.31. The summed E-state index contributed by atoms with van der Waals surface area (Å²) in [4.78, 5) is 26.0. The van der Waals surface area contributed by atoms with E-state index in [1.165, 1.54) is 7.05 Å². The number of rotatable bonds is 4. The van der Waals surface area contributed by atoms with Crippen molar-refractivity contribution >= 4 is 11.9 Å². The van der Waals surface area contributed by atoms with E-state index in [1.54, 1.807) is 0 Å². The maximum absolute atomic E-state index is 13.0. The lowest BCUT2D eigenvalue weighted by Crippen LogP contribution is -2.48. The first-order valence-electron chi connectivity index (χ1n) is 9.17. The summed E-state index contributed by atoms with van der Waals surface area (Å²) in [5.74, 6) is 0.168. The second-order valence-electron chi connectivity index (χ2n) is 7.16. The van der Waals surface area contributed by atoms with Crippen LogP contribution in [0.25, 0.3) is 0 Å². The monoisotopic (exact) mass is 387 g/mol. The molecule has 2 aliphatic rings. The van der Waals surface area contributed by atoms with Crippen molar-refractivity contribution in [2.75, 3.05) is 6.54 Å². The van der Waals surface area contributed by atoms with E-state index in [2.05, 4.69) is 15.7 Å². The number of carbonyl (C=O) groups excluding carboxylic acids is 2. The number of aromatic nitrogens is 2. The molecule has 7 nitrogen and oxygen atoms in total. The van der Waals surface area contributed by atoms with Gasteiger partial charge in [-0.3, -0.25) is 9.48 Å². The van der Waals surface area contributed by atoms with E-state index in [9.17, 15) is 22.8 Å². The number of hydrogen-bond acceptors (Lipinski definition) is 3. The molecule has 1 saturated heterocycles. The predicted molar refractivity (Wildman–Crippen MR) is 90.6 cm³/mol. The third-order valence-corrected chi connectivity index (χ3v) is 5.32. The highest BCUT2D eigenvalue weighted by Gasteiger charge is 2.36. The Morgan fingerprint density at radius 3 is 2.78 bits per heavy atom. The number of likely N-dealkylation sites (tertiary alicyclic amines) is 1. The molecule has 1 saturated carbocycles. The molecule has 2 heterocycles. The number of amides is 3. The Morgan fingerprint density at radius 2 is 2.11 bits per heavy atom. The topological polar surface area (TPSA) is 79.3 Å². The van der Waals surface area contributed by atoms with E-state index in [1.807, 2.05) is 4.90 Å². The smallest absolute Gasteiger partial charge is 0.340 e. The lowest BCUT2D eigenvalue weighted by atomic mass is 9.90. The first kappa shape index (κ1) is 19.5. The van der Waals surface area contributed by atoms with Gasteiger partial charge in [-0.2, -0.15) is 18.3 Å². The van der Waals surface area contributed by atoms with Crippen molar-refractivity contribution in [1.82, 2.24) is 25.3 Å². The van der Waals surface area contributed by atoms with Crippen LogP contribution in [0.5, 0.6) is 0 Å². The molecule has 0 spiro atoms. The van der Waals surface area contributed by atoms with Crippen molar-refractivity contribution < 1.29 is 22.8 Å². The van der Waals surface area contributed by atoms with E-state index in [-0.39, 0.29) is 30.2 Å². The van der Waals surface area contributed by atoms with Crippen LogP contribution in [0.2, 0.25) is 0 Å². The third kappa shape index (κ3) is 4.54. The molecule has 27 heavy (non-hydrogen) atoms. The van der Waals surface area contributed by atoms with Crippen LogP contribution in [0.4, 0.5) is 18.0 Å². The van der Waals surface area contributed by atoms with Crippen LogP contribution in [0, 0.1) is 0 Å². The zero-order valence-electron chi connectivity index (χ0n) is 15.2. The Labute approximate surface area is 155 Å². The summed E-state index contributed by atoms with van der Waals surface area (Å²) >= 11 is 0. The lowest BCUT2D eigenvalue weighted by molar-refractivity contribution is -0.138. The summed E-state index contributed by atoms with van der Waals surface area (Å²) in [7, 11) is 1.41. The Morgan fingerprint density at radius 1 is 1.33 bits per heavy atom. The molecule has 1 aromatic heterocycles. The molecule has 3 amide bonds. The molecule has 1 aliphatic carbocycles. The Balaban J connectivity index is 1.52. The first-order valence-corrected chi connectivity index (χ1v) is 9.17. The molecule has 0 radical (unpaired) electrons. The summed E-state index contributed by atoms with van der Waals surface area (Å²) in [6.07, 6.45) is 1.01. The van der Waals surface area contributed by atoms with Crippen LogP contribution < -0.4 is 10.6 Å². The van der Waals surface area contributed by atoms with Gasteiger partial charge in [0.05, 0.1) is 24.0 Å². The van der Waals surface area contributed by atoms with Gasteiger partial charge in [-0.1, -0.05) is 0 Å². The maximum Gasteiger partial charge on any atom is 0.419 e. The summed E-state index contributed by atoms with van der Waals surface area (Å²) in [6.45, 7) is 0.501. The van der Waals surface area contributed by atoms with E-state index < -0.39 is 17.8 Å². The second kappa shape index (κ2) is 7.77. The molecular weight excluding hydrogens is 363 g/mol. The van der Waals surface area contributed by atoms with Gasteiger partial charge in [-0.25, -0.2) is 4.79 Å². The van der Waals surface area contributed by atoms with Crippen LogP contribution in [0.1, 0.15) is 49.8 Å². The van der Waals surface area contributed by atoms with Crippen LogP contribution in [-0.4, -0.2) is 45.2 Å². The number of nitrogens with one attached hydrogen (secondary N) is 2. The van der Waals surface area contributed by atoms with Crippen molar-refractivity contribution in [3.05, 3.63) is 17.5 Å². The summed E-state index contributed by atoms with van der Waals surface area (Å²) < 4.78 is 40.0. The molecule has 150 valence electrons. The number of nitrogens with zero attached hydrogens (tertiary/aromatic N) is 3. The Bertz CT molecular complexity index is 703. The Kier molecular flexibility index (Phi) is 5.61. The van der Waals surface area contributed by atoms with Crippen LogP contribution in [-0.2, 0) is 24.6 Å². The molecule has 3 rings (SSSR count). The fraction of sp³-hybridized carbons (Fsp3) is 0.706. The SMILES string of the molecule is Cn1ncc(C(F)(F)F)c1CNC(=O)NC1CCCC(N2CCCC2=O)C1. The summed E-state index contributed by atoms with van der Waals surface area (Å²) in [6, 6.07) is -0.471. The van der Waals surface area contributed by atoms with Gasteiger partial charge in [0.1, 0.15) is 0 Å². The minimum atomic E-state index is -4.51. The maximum atomic E-state index is 13.0. The third-order valence-electron chi connectivity index (χ3n) is 5.32. The number of hydrogen-bond donors (Lipinski definition) is 2. The second-order valence-corrected chi connectivity index (χ2v) is 7.16. The lowest BCUT2D eigenvalue weighted by Gasteiger charge is -2.35. The molecule has 0 aromatic carbocycles. The van der Waals surface area contributed by atoms with Gasteiger partial charge in [0.15, 0.2) is 0 Å². The highest BCUT2D eigenvalue weighted by atomic mass is 19.4. The van der Waals surface area contributed by atoms with Gasteiger partial charge in [-0.15, -0.1) is 0 Å². The zero-order chi connectivity index (χ0) is 19.6. The molecular formula is C17H24F3N5O2. The van der Waals surface area contributed by atoms with Gasteiger partial charge in [0, 0.05) is 32.1 Å². The van der Waals surface area contributed by atoms with Gasteiger partial charge in [0.2, 0.25) is 5.91 Å². The minimum Gasteiger partial charge on any atom is -0.340 e. The van der Waals surface area contributed by atoms with Gasteiger partial charge in [-0.05, 0) is 32.1 Å². The highest BCUT2D eigenvalue weighted by molar-refractivity contribution is 5.78. The van der Waals surface area contributed by atoms with Crippen molar-refractivity contribution in [2.45, 2.75) is 63.3 Å². The van der Waals surface area contributed by atoms with E-state index in [0.717, 1.165) is 43.1 Å². The molecule has 2 N–H and O–H groups in total. The zero-order valence-corrected chi connectivity index (χ0v) is 15.2. The first-order chi connectivity index (χ1) is 12.8. The van der Waals surface area contributed by atoms with Crippen molar-refractivity contribution in [3.63, 3.8) is 0 Å². The van der Waals surface area contributed by atoms with Crippen LogP contribution in [0.15, 0.2) is 6.20 Å². The fourth-order valence-corrected chi connectivity index (χ4v) is 3.94. The number of carbonyl (C=O) groups is 2. The molecule has 2 atom stereocenters. The van der Waals surface area contributed by atoms with Crippen LogP contribution in [0.3, 0.4) is 0 Å². The standard InChI is InChI=1S/C17H24F3N5O2/c1-24-14(13(9-22-24)17(18,19)20)10-21-16(27)23-11-4-2-5-12(8-11)25-7-3-6-15(25)26/h9,11-12H,2-8,10H2,1H3,(H2,21,23,27). The molecule has 2 fully saturated rings. The molecule has 1 aromatic rings. The number of urea groups is 1. The van der Waals surface area contributed by atoms with Gasteiger partial charge >= 0.3 is 12.2 Å². The average molecular weight is 387 g/mol. The van der Waals surface area contributed by atoms with Crippen LogP contribution >= 0.6 is 0 Å². The fourth-order valence-electron chi connectivity index (χ4n) is 3.94. The van der Waals surface area contributed by atoms with Crippen molar-refractivity contribution in [1.29, 1.82) is 0 Å². The van der Waals surface area contributed by atoms with Crippen molar-refractivity contribution in [2.24, 2.45) is 7.05 Å². The normalized spacial score (nSPS) is 23.6. The van der Waals surface area contributed by atoms with Gasteiger partial charge < -0.3 is 15.5 Å². The largest absolute Gasteiger partial charge is 0.419 e. The number of alkyl halides is 3. The molecule has 0 bridgehead atoms. The van der Waals surface area contributed by atoms with E-state index in [0.29, 0.717) is 12.8 Å². The predicted octanol–water partition coefficient (Wildman–Crippen LogP) is 2.17.